The number of hydrogen-bond donors (Lipinski definition) is 1. The predicted octanol–water partition coefficient (Wildman–Crippen LogP) is 3.51. The smallest absolute Gasteiger partial charge is 0.145 e. The van der Waals surface area contributed by atoms with Gasteiger partial charge in [0.2, 0.25) is 0 Å². The first-order valence-electron chi connectivity index (χ1n) is 7.04. The van der Waals surface area contributed by atoms with E-state index in [0.29, 0.717) is 5.92 Å². The molecule has 0 spiro atoms. The number of aryl methyl sites for hydroxylation is 1. The van der Waals surface area contributed by atoms with Gasteiger partial charge in [0.05, 0.1) is 6.04 Å². The standard InChI is InChI=1S/C15H27N3/c1-6-16-14(8-12(4)7-11(2)3)15-17-9-13(5)10-18-15/h9-12,14,16H,6-8H2,1-5H3. The van der Waals surface area contributed by atoms with Gasteiger partial charge in [-0.05, 0) is 43.7 Å². The van der Waals surface area contributed by atoms with E-state index in [4.69, 9.17) is 0 Å². The fraction of sp³-hybridized carbons (Fsp3) is 0.733. The van der Waals surface area contributed by atoms with Gasteiger partial charge in [0.25, 0.3) is 0 Å². The summed E-state index contributed by atoms with van der Waals surface area (Å²) in [6.07, 6.45) is 6.17. The van der Waals surface area contributed by atoms with Crippen molar-refractivity contribution in [2.45, 2.75) is 53.5 Å². The lowest BCUT2D eigenvalue weighted by Gasteiger charge is -2.21. The van der Waals surface area contributed by atoms with E-state index in [0.717, 1.165) is 30.3 Å². The van der Waals surface area contributed by atoms with E-state index in [2.05, 4.69) is 43.0 Å². The van der Waals surface area contributed by atoms with E-state index in [1.54, 1.807) is 0 Å². The van der Waals surface area contributed by atoms with E-state index in [9.17, 15) is 0 Å². The van der Waals surface area contributed by atoms with Crippen LogP contribution in [0.1, 0.15) is 58.0 Å². The largest absolute Gasteiger partial charge is 0.308 e. The number of aromatic nitrogens is 2. The molecule has 2 atom stereocenters. The first-order valence-corrected chi connectivity index (χ1v) is 7.04. The summed E-state index contributed by atoms with van der Waals surface area (Å²) in [6.45, 7) is 12.0. The fourth-order valence-electron chi connectivity index (χ4n) is 2.41. The lowest BCUT2D eigenvalue weighted by atomic mass is 9.92. The zero-order valence-corrected chi connectivity index (χ0v) is 12.4. The normalized spacial score (nSPS) is 14.8. The van der Waals surface area contributed by atoms with Crippen molar-refractivity contribution in [3.8, 4) is 0 Å². The molecule has 0 aliphatic carbocycles. The molecule has 0 saturated carbocycles. The van der Waals surface area contributed by atoms with Gasteiger partial charge in [-0.25, -0.2) is 9.97 Å². The minimum atomic E-state index is 0.282. The van der Waals surface area contributed by atoms with E-state index in [1.165, 1.54) is 6.42 Å². The maximum Gasteiger partial charge on any atom is 0.145 e. The molecule has 1 heterocycles. The van der Waals surface area contributed by atoms with Crippen molar-refractivity contribution in [2.75, 3.05) is 6.54 Å². The van der Waals surface area contributed by atoms with Gasteiger partial charge in [-0.15, -0.1) is 0 Å². The first kappa shape index (κ1) is 15.1. The Bertz CT molecular complexity index is 332. The molecular formula is C15H27N3. The lowest BCUT2D eigenvalue weighted by Crippen LogP contribution is -2.25. The third kappa shape index (κ3) is 5.13. The van der Waals surface area contributed by atoms with E-state index in [-0.39, 0.29) is 6.04 Å². The summed E-state index contributed by atoms with van der Waals surface area (Å²) >= 11 is 0. The highest BCUT2D eigenvalue weighted by Gasteiger charge is 2.17. The van der Waals surface area contributed by atoms with Crippen molar-refractivity contribution in [1.82, 2.24) is 15.3 Å². The van der Waals surface area contributed by atoms with Gasteiger partial charge in [0.15, 0.2) is 0 Å². The molecule has 2 unspecified atom stereocenters. The molecule has 18 heavy (non-hydrogen) atoms. The summed E-state index contributed by atoms with van der Waals surface area (Å²) < 4.78 is 0. The van der Waals surface area contributed by atoms with Crippen LogP contribution in [0.25, 0.3) is 0 Å². The van der Waals surface area contributed by atoms with Crippen molar-refractivity contribution >= 4 is 0 Å². The Morgan fingerprint density at radius 3 is 2.22 bits per heavy atom. The van der Waals surface area contributed by atoms with Crippen LogP contribution in [0.5, 0.6) is 0 Å². The topological polar surface area (TPSA) is 37.8 Å². The zero-order valence-electron chi connectivity index (χ0n) is 12.4. The quantitative estimate of drug-likeness (QED) is 0.803. The Labute approximate surface area is 111 Å². The van der Waals surface area contributed by atoms with E-state index in [1.807, 2.05) is 19.3 Å². The highest BCUT2D eigenvalue weighted by atomic mass is 15.0. The first-order chi connectivity index (χ1) is 8.52. The second kappa shape index (κ2) is 7.47. The minimum absolute atomic E-state index is 0.282. The Balaban J connectivity index is 2.67. The second-order valence-corrected chi connectivity index (χ2v) is 5.70. The molecule has 0 saturated heterocycles. The van der Waals surface area contributed by atoms with Crippen LogP contribution in [0, 0.1) is 18.8 Å². The Morgan fingerprint density at radius 2 is 1.72 bits per heavy atom. The summed E-state index contributed by atoms with van der Waals surface area (Å²) in [5.74, 6) is 2.37. The molecule has 0 radical (unpaired) electrons. The SMILES string of the molecule is CCNC(CC(C)CC(C)C)c1ncc(C)cn1. The van der Waals surface area contributed by atoms with Crippen LogP contribution in [-0.4, -0.2) is 16.5 Å². The molecule has 102 valence electrons. The molecule has 1 aromatic rings. The summed E-state index contributed by atoms with van der Waals surface area (Å²) in [4.78, 5) is 8.91. The van der Waals surface area contributed by atoms with Crippen molar-refractivity contribution < 1.29 is 0 Å². The zero-order chi connectivity index (χ0) is 13.5. The third-order valence-electron chi connectivity index (χ3n) is 3.07. The monoisotopic (exact) mass is 249 g/mol. The molecule has 0 fully saturated rings. The molecule has 0 amide bonds. The average Bonchev–Trinajstić information content (AvgIpc) is 2.28. The van der Waals surface area contributed by atoms with Crippen LogP contribution >= 0.6 is 0 Å². The second-order valence-electron chi connectivity index (χ2n) is 5.70. The van der Waals surface area contributed by atoms with Crippen molar-refractivity contribution in [3.05, 3.63) is 23.8 Å². The fourth-order valence-corrected chi connectivity index (χ4v) is 2.41. The van der Waals surface area contributed by atoms with Crippen LogP contribution in [0.3, 0.4) is 0 Å². The third-order valence-corrected chi connectivity index (χ3v) is 3.07. The van der Waals surface area contributed by atoms with Gasteiger partial charge in [-0.3, -0.25) is 0 Å². The van der Waals surface area contributed by atoms with Crippen LogP contribution in [0.4, 0.5) is 0 Å². The summed E-state index contributed by atoms with van der Waals surface area (Å²) in [5.41, 5.74) is 1.12. The molecule has 0 aromatic carbocycles. The predicted molar refractivity (Wildman–Crippen MR) is 76.4 cm³/mol. The lowest BCUT2D eigenvalue weighted by molar-refractivity contribution is 0.351. The highest BCUT2D eigenvalue weighted by molar-refractivity contribution is 5.04. The molecule has 1 rings (SSSR count). The molecule has 0 bridgehead atoms. The summed E-state index contributed by atoms with van der Waals surface area (Å²) in [5, 5.41) is 3.50. The number of nitrogens with one attached hydrogen (secondary N) is 1. The molecule has 0 aliphatic heterocycles. The van der Waals surface area contributed by atoms with E-state index < -0.39 is 0 Å². The number of rotatable bonds is 7. The molecule has 3 heteroatoms. The minimum Gasteiger partial charge on any atom is -0.308 e. The van der Waals surface area contributed by atoms with Crippen molar-refractivity contribution in [1.29, 1.82) is 0 Å². The van der Waals surface area contributed by atoms with Crippen LogP contribution in [-0.2, 0) is 0 Å². The van der Waals surface area contributed by atoms with Crippen molar-refractivity contribution in [3.63, 3.8) is 0 Å². The van der Waals surface area contributed by atoms with Gasteiger partial charge < -0.3 is 5.32 Å². The molecule has 3 nitrogen and oxygen atoms in total. The van der Waals surface area contributed by atoms with Crippen molar-refractivity contribution in [2.24, 2.45) is 11.8 Å². The molecular weight excluding hydrogens is 222 g/mol. The van der Waals surface area contributed by atoms with Gasteiger partial charge >= 0.3 is 0 Å². The Hall–Kier alpha value is -0.960. The molecule has 1 N–H and O–H groups in total. The number of hydrogen-bond acceptors (Lipinski definition) is 3. The van der Waals surface area contributed by atoms with Gasteiger partial charge in [-0.2, -0.15) is 0 Å². The van der Waals surface area contributed by atoms with E-state index >= 15 is 0 Å². The van der Waals surface area contributed by atoms with Gasteiger partial charge in [0, 0.05) is 12.4 Å². The average molecular weight is 249 g/mol. The number of nitrogens with zero attached hydrogens (tertiary/aromatic N) is 2. The summed E-state index contributed by atoms with van der Waals surface area (Å²) in [7, 11) is 0. The molecule has 0 aliphatic rings. The van der Waals surface area contributed by atoms with Gasteiger partial charge in [0.1, 0.15) is 5.82 Å². The highest BCUT2D eigenvalue weighted by Crippen LogP contribution is 2.23. The summed E-state index contributed by atoms with van der Waals surface area (Å²) in [6, 6.07) is 0.282. The van der Waals surface area contributed by atoms with Crippen LogP contribution in [0.15, 0.2) is 12.4 Å². The van der Waals surface area contributed by atoms with Crippen LogP contribution < -0.4 is 5.32 Å². The Morgan fingerprint density at radius 1 is 1.11 bits per heavy atom. The van der Waals surface area contributed by atoms with Gasteiger partial charge in [-0.1, -0.05) is 27.7 Å². The van der Waals surface area contributed by atoms with Crippen LogP contribution in [0.2, 0.25) is 0 Å². The Kier molecular flexibility index (Phi) is 6.27. The molecule has 1 aromatic heterocycles. The maximum atomic E-state index is 4.46. The maximum absolute atomic E-state index is 4.46.